The van der Waals surface area contributed by atoms with Gasteiger partial charge in [-0.3, -0.25) is 9.59 Å². The van der Waals surface area contributed by atoms with Crippen molar-refractivity contribution in [1.29, 1.82) is 0 Å². The van der Waals surface area contributed by atoms with Crippen LogP contribution >= 0.6 is 0 Å². The molecule has 0 saturated heterocycles. The summed E-state index contributed by atoms with van der Waals surface area (Å²) in [6.07, 6.45) is 7.01. The molecule has 3 atom stereocenters. The number of hydrogen-bond acceptors (Lipinski definition) is 2. The van der Waals surface area contributed by atoms with Crippen LogP contribution in [0.5, 0.6) is 0 Å². The van der Waals surface area contributed by atoms with Gasteiger partial charge in [-0.05, 0) is 43.1 Å². The van der Waals surface area contributed by atoms with Crippen molar-refractivity contribution >= 4 is 5.91 Å². The summed E-state index contributed by atoms with van der Waals surface area (Å²) in [7, 11) is 3.54. The summed E-state index contributed by atoms with van der Waals surface area (Å²) in [5.41, 5.74) is 0.364. The molecule has 2 fully saturated rings. The van der Waals surface area contributed by atoms with E-state index in [1.54, 1.807) is 24.2 Å². The molecule has 0 aromatic carbocycles. The lowest BCUT2D eigenvalue weighted by Gasteiger charge is -2.27. The van der Waals surface area contributed by atoms with Crippen molar-refractivity contribution in [2.45, 2.75) is 25.7 Å². The highest BCUT2D eigenvalue weighted by Crippen LogP contribution is 2.48. The highest BCUT2D eigenvalue weighted by molar-refractivity contribution is 5.93. The number of carbonyl (C=O) groups is 1. The second kappa shape index (κ2) is 5.08. The average Bonchev–Trinajstić information content (AvgIpc) is 3.03. The van der Waals surface area contributed by atoms with Gasteiger partial charge < -0.3 is 9.47 Å². The van der Waals surface area contributed by atoms with Crippen molar-refractivity contribution in [1.82, 2.24) is 9.47 Å². The highest BCUT2D eigenvalue weighted by Gasteiger charge is 2.40. The standard InChI is InChI=1S/C16H22N2O2/c1-17-6-5-13(9-15(17)19)16(20)18(2)10-14-8-11-3-4-12(14)7-11/h5-6,9,11-12,14H,3-4,7-8,10H2,1-2H3. The molecule has 108 valence electrons. The topological polar surface area (TPSA) is 42.3 Å². The molecule has 3 rings (SSSR count). The lowest BCUT2D eigenvalue weighted by atomic mass is 9.88. The van der Waals surface area contributed by atoms with Crippen molar-refractivity contribution in [2.75, 3.05) is 13.6 Å². The fourth-order valence-corrected chi connectivity index (χ4v) is 3.94. The second-order valence-electron chi connectivity index (χ2n) is 6.49. The lowest BCUT2D eigenvalue weighted by Crippen LogP contribution is -2.34. The van der Waals surface area contributed by atoms with Crippen LogP contribution in [0.25, 0.3) is 0 Å². The van der Waals surface area contributed by atoms with Gasteiger partial charge in [0.15, 0.2) is 0 Å². The molecule has 2 aliphatic rings. The second-order valence-corrected chi connectivity index (χ2v) is 6.49. The van der Waals surface area contributed by atoms with Crippen LogP contribution < -0.4 is 5.56 Å². The molecule has 3 unspecified atom stereocenters. The maximum absolute atomic E-state index is 12.4. The van der Waals surface area contributed by atoms with Crippen LogP contribution in [0.3, 0.4) is 0 Å². The first kappa shape index (κ1) is 13.4. The lowest BCUT2D eigenvalue weighted by molar-refractivity contribution is 0.0754. The molecule has 2 aliphatic carbocycles. The van der Waals surface area contributed by atoms with Crippen LogP contribution in [0.4, 0.5) is 0 Å². The first-order chi connectivity index (χ1) is 9.54. The number of aromatic nitrogens is 1. The summed E-state index contributed by atoms with van der Waals surface area (Å²) in [6.45, 7) is 0.829. The fourth-order valence-electron chi connectivity index (χ4n) is 3.94. The quantitative estimate of drug-likeness (QED) is 0.844. The minimum absolute atomic E-state index is 0.0366. The number of pyridine rings is 1. The van der Waals surface area contributed by atoms with Crippen LogP contribution in [0.1, 0.15) is 36.0 Å². The third-order valence-corrected chi connectivity index (χ3v) is 5.09. The van der Waals surface area contributed by atoms with Gasteiger partial charge in [-0.2, -0.15) is 0 Å². The SMILES string of the molecule is CN(CC1CC2CCC1C2)C(=O)c1ccn(C)c(=O)c1. The van der Waals surface area contributed by atoms with Crippen LogP contribution in [0, 0.1) is 17.8 Å². The van der Waals surface area contributed by atoms with E-state index in [4.69, 9.17) is 0 Å². The van der Waals surface area contributed by atoms with Gasteiger partial charge in [-0.15, -0.1) is 0 Å². The van der Waals surface area contributed by atoms with Gasteiger partial charge in [0, 0.05) is 38.5 Å². The van der Waals surface area contributed by atoms with Gasteiger partial charge in [-0.1, -0.05) is 6.42 Å². The van der Waals surface area contributed by atoms with E-state index in [9.17, 15) is 9.59 Å². The Kier molecular flexibility index (Phi) is 3.40. The molecular formula is C16H22N2O2. The smallest absolute Gasteiger partial charge is 0.253 e. The molecule has 0 N–H and O–H groups in total. The molecule has 20 heavy (non-hydrogen) atoms. The molecule has 1 heterocycles. The van der Waals surface area contributed by atoms with E-state index in [1.165, 1.54) is 36.3 Å². The monoisotopic (exact) mass is 274 g/mol. The van der Waals surface area contributed by atoms with Crippen LogP contribution in [0.2, 0.25) is 0 Å². The van der Waals surface area contributed by atoms with Crippen molar-refractivity contribution in [2.24, 2.45) is 24.8 Å². The normalized spacial score (nSPS) is 27.8. The number of fused-ring (bicyclic) bond motifs is 2. The zero-order chi connectivity index (χ0) is 14.3. The summed E-state index contributed by atoms with van der Waals surface area (Å²) in [5, 5.41) is 0. The molecule has 4 heteroatoms. The number of carbonyl (C=O) groups excluding carboxylic acids is 1. The van der Waals surface area contributed by atoms with E-state index in [0.717, 1.165) is 18.4 Å². The Morgan fingerprint density at radius 1 is 1.40 bits per heavy atom. The third-order valence-electron chi connectivity index (χ3n) is 5.09. The predicted molar refractivity (Wildman–Crippen MR) is 77.6 cm³/mol. The van der Waals surface area contributed by atoms with Crippen molar-refractivity contribution < 1.29 is 4.79 Å². The van der Waals surface area contributed by atoms with Gasteiger partial charge in [0.2, 0.25) is 0 Å². The van der Waals surface area contributed by atoms with Gasteiger partial charge in [-0.25, -0.2) is 0 Å². The summed E-state index contributed by atoms with van der Waals surface area (Å²) in [6, 6.07) is 3.15. The van der Waals surface area contributed by atoms with Gasteiger partial charge in [0.05, 0.1) is 0 Å². The maximum atomic E-state index is 12.4. The summed E-state index contributed by atoms with van der Waals surface area (Å²) < 4.78 is 1.48. The minimum atomic E-state index is -0.135. The Bertz CT molecular complexity index is 578. The number of rotatable bonds is 3. The molecule has 1 aromatic heterocycles. The summed E-state index contributed by atoms with van der Waals surface area (Å²) >= 11 is 0. The van der Waals surface area contributed by atoms with Crippen molar-refractivity contribution in [3.05, 3.63) is 34.2 Å². The first-order valence-corrected chi connectivity index (χ1v) is 7.46. The molecule has 0 radical (unpaired) electrons. The van der Waals surface area contributed by atoms with Crippen molar-refractivity contribution in [3.8, 4) is 0 Å². The fraction of sp³-hybridized carbons (Fsp3) is 0.625. The number of nitrogens with zero attached hydrogens (tertiary/aromatic N) is 2. The molecule has 1 amide bonds. The number of aryl methyl sites for hydroxylation is 1. The number of amides is 1. The predicted octanol–water partition coefficient (Wildman–Crippen LogP) is 1.89. The zero-order valence-corrected chi connectivity index (χ0v) is 12.2. The van der Waals surface area contributed by atoms with Gasteiger partial charge in [0.25, 0.3) is 11.5 Å². The molecule has 0 aliphatic heterocycles. The van der Waals surface area contributed by atoms with Crippen LogP contribution in [-0.2, 0) is 7.05 Å². The average molecular weight is 274 g/mol. The molecule has 1 aromatic rings. The zero-order valence-electron chi connectivity index (χ0n) is 12.2. The Morgan fingerprint density at radius 3 is 2.80 bits per heavy atom. The molecule has 4 nitrogen and oxygen atoms in total. The van der Waals surface area contributed by atoms with E-state index in [1.807, 2.05) is 7.05 Å². The van der Waals surface area contributed by atoms with E-state index in [2.05, 4.69) is 0 Å². The van der Waals surface area contributed by atoms with E-state index >= 15 is 0 Å². The Hall–Kier alpha value is -1.58. The van der Waals surface area contributed by atoms with Crippen molar-refractivity contribution in [3.63, 3.8) is 0 Å². The highest BCUT2D eigenvalue weighted by atomic mass is 16.2. The van der Waals surface area contributed by atoms with E-state index in [0.29, 0.717) is 11.5 Å². The van der Waals surface area contributed by atoms with Crippen LogP contribution in [-0.4, -0.2) is 29.0 Å². The van der Waals surface area contributed by atoms with Gasteiger partial charge in [0.1, 0.15) is 0 Å². The summed E-state index contributed by atoms with van der Waals surface area (Å²) in [5.74, 6) is 2.34. The Balaban J connectivity index is 1.67. The van der Waals surface area contributed by atoms with E-state index < -0.39 is 0 Å². The Morgan fingerprint density at radius 2 is 2.20 bits per heavy atom. The van der Waals surface area contributed by atoms with Crippen LogP contribution in [0.15, 0.2) is 23.1 Å². The van der Waals surface area contributed by atoms with E-state index in [-0.39, 0.29) is 11.5 Å². The molecular weight excluding hydrogens is 252 g/mol. The molecule has 2 saturated carbocycles. The minimum Gasteiger partial charge on any atom is -0.341 e. The largest absolute Gasteiger partial charge is 0.341 e. The molecule has 0 spiro atoms. The summed E-state index contributed by atoms with van der Waals surface area (Å²) in [4.78, 5) is 25.8. The third kappa shape index (κ3) is 2.39. The molecule has 2 bridgehead atoms. The Labute approximate surface area is 119 Å². The number of hydrogen-bond donors (Lipinski definition) is 0. The van der Waals surface area contributed by atoms with Gasteiger partial charge >= 0.3 is 0 Å². The first-order valence-electron chi connectivity index (χ1n) is 7.46. The maximum Gasteiger partial charge on any atom is 0.253 e.